The fourth-order valence-electron chi connectivity index (χ4n) is 2.80. The third-order valence-corrected chi connectivity index (χ3v) is 4.19. The van der Waals surface area contributed by atoms with Crippen LogP contribution in [0.5, 0.6) is 0 Å². The fourth-order valence-corrected chi connectivity index (χ4v) is 2.80. The average molecular weight is 277 g/mol. The topological polar surface area (TPSA) is 39.6 Å². The van der Waals surface area contributed by atoms with Crippen molar-refractivity contribution >= 4 is 5.69 Å². The molecule has 0 spiro atoms. The molecule has 1 N–H and O–H groups in total. The number of aliphatic hydroxyl groups is 1. The van der Waals surface area contributed by atoms with Crippen molar-refractivity contribution in [2.45, 2.75) is 45.3 Å². The summed E-state index contributed by atoms with van der Waals surface area (Å²) in [7, 11) is 2.08. The molecule has 1 aromatic rings. The largest absolute Gasteiger partial charge is 0.389 e. The van der Waals surface area contributed by atoms with E-state index in [1.54, 1.807) is 0 Å². The SMILES string of the molecule is CC(C)c1ccc(N2CCN(C)[C@H](C(C)(C)O)C2)cn1. The van der Waals surface area contributed by atoms with Gasteiger partial charge in [0.1, 0.15) is 0 Å². The van der Waals surface area contributed by atoms with Crippen molar-refractivity contribution in [2.24, 2.45) is 0 Å². The first-order valence-electron chi connectivity index (χ1n) is 7.42. The monoisotopic (exact) mass is 277 g/mol. The predicted molar refractivity (Wildman–Crippen MR) is 83.3 cm³/mol. The minimum absolute atomic E-state index is 0.140. The van der Waals surface area contributed by atoms with Gasteiger partial charge in [-0.1, -0.05) is 13.8 Å². The van der Waals surface area contributed by atoms with Gasteiger partial charge in [0.15, 0.2) is 0 Å². The van der Waals surface area contributed by atoms with E-state index < -0.39 is 5.60 Å². The van der Waals surface area contributed by atoms with Crippen molar-refractivity contribution in [3.63, 3.8) is 0 Å². The Morgan fingerprint density at radius 1 is 1.30 bits per heavy atom. The van der Waals surface area contributed by atoms with E-state index in [0.29, 0.717) is 5.92 Å². The van der Waals surface area contributed by atoms with E-state index in [1.165, 1.54) is 0 Å². The Bertz CT molecular complexity index is 436. The second-order valence-corrected chi connectivity index (χ2v) is 6.69. The fraction of sp³-hybridized carbons (Fsp3) is 0.688. The van der Waals surface area contributed by atoms with E-state index in [-0.39, 0.29) is 6.04 Å². The van der Waals surface area contributed by atoms with Crippen molar-refractivity contribution in [1.29, 1.82) is 0 Å². The summed E-state index contributed by atoms with van der Waals surface area (Å²) >= 11 is 0. The molecule has 112 valence electrons. The van der Waals surface area contributed by atoms with Crippen LogP contribution in [0, 0.1) is 0 Å². The maximum absolute atomic E-state index is 10.3. The van der Waals surface area contributed by atoms with Crippen LogP contribution in [0.1, 0.15) is 39.3 Å². The summed E-state index contributed by atoms with van der Waals surface area (Å²) in [5, 5.41) is 10.3. The van der Waals surface area contributed by atoms with Gasteiger partial charge in [-0.05, 0) is 38.9 Å². The van der Waals surface area contributed by atoms with Crippen LogP contribution in [0.25, 0.3) is 0 Å². The highest BCUT2D eigenvalue weighted by molar-refractivity contribution is 5.45. The minimum Gasteiger partial charge on any atom is -0.389 e. The quantitative estimate of drug-likeness (QED) is 0.918. The maximum Gasteiger partial charge on any atom is 0.0763 e. The number of hydrogen-bond acceptors (Lipinski definition) is 4. The number of anilines is 1. The molecule has 2 rings (SSSR count). The molecular formula is C16H27N3O. The summed E-state index contributed by atoms with van der Waals surface area (Å²) < 4.78 is 0. The summed E-state index contributed by atoms with van der Waals surface area (Å²) in [6, 6.07) is 4.40. The van der Waals surface area contributed by atoms with Gasteiger partial charge in [-0.25, -0.2) is 0 Å². The Hall–Kier alpha value is -1.13. The first kappa shape index (κ1) is 15.3. The molecule has 0 saturated carbocycles. The Labute approximate surface area is 122 Å². The lowest BCUT2D eigenvalue weighted by Crippen LogP contribution is -2.59. The van der Waals surface area contributed by atoms with Crippen LogP contribution in [0.4, 0.5) is 5.69 Å². The van der Waals surface area contributed by atoms with Gasteiger partial charge >= 0.3 is 0 Å². The number of rotatable bonds is 3. The van der Waals surface area contributed by atoms with E-state index in [4.69, 9.17) is 0 Å². The minimum atomic E-state index is -0.696. The molecule has 0 aromatic carbocycles. The van der Waals surface area contributed by atoms with Gasteiger partial charge in [-0.2, -0.15) is 0 Å². The molecule has 20 heavy (non-hydrogen) atoms. The standard InChI is InChI=1S/C16H27N3O/c1-12(2)14-7-6-13(10-17-14)19-9-8-18(5)15(11-19)16(3,4)20/h6-7,10,12,15,20H,8-9,11H2,1-5H3/t15-/m0/s1. The molecule has 1 atom stereocenters. The van der Waals surface area contributed by atoms with Crippen LogP contribution in [0.15, 0.2) is 18.3 Å². The van der Waals surface area contributed by atoms with Crippen molar-refractivity contribution in [2.75, 3.05) is 31.6 Å². The molecule has 1 saturated heterocycles. The van der Waals surface area contributed by atoms with Crippen LogP contribution >= 0.6 is 0 Å². The molecule has 4 heteroatoms. The Morgan fingerprint density at radius 2 is 2.00 bits per heavy atom. The lowest BCUT2D eigenvalue weighted by molar-refractivity contribution is -0.0140. The van der Waals surface area contributed by atoms with Gasteiger partial charge in [-0.15, -0.1) is 0 Å². The Kier molecular flexibility index (Phi) is 4.35. The van der Waals surface area contributed by atoms with E-state index in [2.05, 4.69) is 47.8 Å². The summed E-state index contributed by atoms with van der Waals surface area (Å²) in [6.07, 6.45) is 1.96. The normalized spacial score (nSPS) is 21.6. The van der Waals surface area contributed by atoms with Gasteiger partial charge in [0, 0.05) is 25.3 Å². The molecule has 0 aliphatic carbocycles. The van der Waals surface area contributed by atoms with Crippen molar-refractivity contribution in [1.82, 2.24) is 9.88 Å². The molecule has 2 heterocycles. The van der Waals surface area contributed by atoms with Gasteiger partial charge < -0.3 is 10.0 Å². The number of likely N-dealkylation sites (N-methyl/N-ethyl adjacent to an activating group) is 1. The van der Waals surface area contributed by atoms with Crippen LogP contribution in [-0.4, -0.2) is 53.3 Å². The maximum atomic E-state index is 10.3. The Balaban J connectivity index is 2.13. The first-order valence-corrected chi connectivity index (χ1v) is 7.42. The number of nitrogens with zero attached hydrogens (tertiary/aromatic N) is 3. The second-order valence-electron chi connectivity index (χ2n) is 6.69. The van der Waals surface area contributed by atoms with Crippen molar-refractivity contribution < 1.29 is 5.11 Å². The third kappa shape index (κ3) is 3.30. The van der Waals surface area contributed by atoms with Gasteiger partial charge in [0.25, 0.3) is 0 Å². The number of hydrogen-bond donors (Lipinski definition) is 1. The smallest absolute Gasteiger partial charge is 0.0763 e. The predicted octanol–water partition coefficient (Wildman–Crippen LogP) is 2.10. The summed E-state index contributed by atoms with van der Waals surface area (Å²) in [6.45, 7) is 10.9. The molecule has 0 unspecified atom stereocenters. The molecule has 1 aliphatic rings. The van der Waals surface area contributed by atoms with Crippen LogP contribution in [0.3, 0.4) is 0 Å². The number of aromatic nitrogens is 1. The zero-order valence-electron chi connectivity index (χ0n) is 13.3. The van der Waals surface area contributed by atoms with Gasteiger partial charge in [0.05, 0.1) is 23.5 Å². The van der Waals surface area contributed by atoms with Crippen LogP contribution in [0.2, 0.25) is 0 Å². The van der Waals surface area contributed by atoms with Crippen molar-refractivity contribution in [3.05, 3.63) is 24.0 Å². The Morgan fingerprint density at radius 3 is 2.50 bits per heavy atom. The van der Waals surface area contributed by atoms with Crippen LogP contribution < -0.4 is 4.90 Å². The lowest BCUT2D eigenvalue weighted by Gasteiger charge is -2.45. The van der Waals surface area contributed by atoms with Gasteiger partial charge in [0.2, 0.25) is 0 Å². The third-order valence-electron chi connectivity index (χ3n) is 4.19. The van der Waals surface area contributed by atoms with E-state index in [9.17, 15) is 5.11 Å². The van der Waals surface area contributed by atoms with E-state index >= 15 is 0 Å². The highest BCUT2D eigenvalue weighted by Gasteiger charge is 2.35. The van der Waals surface area contributed by atoms with Crippen LogP contribution in [-0.2, 0) is 0 Å². The van der Waals surface area contributed by atoms with E-state index in [1.807, 2.05) is 20.0 Å². The summed E-state index contributed by atoms with van der Waals surface area (Å²) in [5.41, 5.74) is 1.58. The average Bonchev–Trinajstić information content (AvgIpc) is 2.38. The zero-order valence-corrected chi connectivity index (χ0v) is 13.3. The molecule has 1 aliphatic heterocycles. The number of pyridine rings is 1. The van der Waals surface area contributed by atoms with Crippen molar-refractivity contribution in [3.8, 4) is 0 Å². The molecule has 4 nitrogen and oxygen atoms in total. The first-order chi connectivity index (χ1) is 9.29. The van der Waals surface area contributed by atoms with Gasteiger partial charge in [-0.3, -0.25) is 9.88 Å². The summed E-state index contributed by atoms with van der Waals surface area (Å²) in [4.78, 5) is 9.10. The summed E-state index contributed by atoms with van der Waals surface area (Å²) in [5.74, 6) is 0.459. The molecule has 0 amide bonds. The molecule has 1 aromatic heterocycles. The molecule has 0 radical (unpaired) electrons. The molecular weight excluding hydrogens is 250 g/mol. The lowest BCUT2D eigenvalue weighted by atomic mass is 9.95. The highest BCUT2D eigenvalue weighted by Crippen LogP contribution is 2.24. The highest BCUT2D eigenvalue weighted by atomic mass is 16.3. The van der Waals surface area contributed by atoms with E-state index in [0.717, 1.165) is 31.0 Å². The molecule has 1 fully saturated rings. The number of piperazine rings is 1. The molecule has 0 bridgehead atoms. The zero-order chi connectivity index (χ0) is 14.9. The second kappa shape index (κ2) is 5.70.